The lowest BCUT2D eigenvalue weighted by Crippen LogP contribution is -2.19. The average Bonchev–Trinajstić information content (AvgIpc) is 3.64. The molecule has 1 fully saturated rings. The van der Waals surface area contributed by atoms with Crippen molar-refractivity contribution in [3.8, 4) is 16.8 Å². The zero-order valence-corrected chi connectivity index (χ0v) is 21.3. The molecule has 188 valence electrons. The molecule has 5 rings (SSSR count). The molecule has 3 aromatic carbocycles. The third-order valence-corrected chi connectivity index (χ3v) is 7.36. The summed E-state index contributed by atoms with van der Waals surface area (Å²) < 4.78 is 7.48. The maximum absolute atomic E-state index is 12.7. The summed E-state index contributed by atoms with van der Waals surface area (Å²) in [5.41, 5.74) is 4.70. The number of hydrogen-bond acceptors (Lipinski definition) is 3. The normalized spacial score (nSPS) is 14.6. The minimum absolute atomic E-state index is 0.506. The Kier molecular flexibility index (Phi) is 6.52. The smallest absolute Gasteiger partial charge is 0.413 e. The van der Waals surface area contributed by atoms with Crippen molar-refractivity contribution in [2.45, 2.75) is 38.2 Å². The van der Waals surface area contributed by atoms with Crippen LogP contribution in [0.2, 0.25) is 5.02 Å². The van der Waals surface area contributed by atoms with Crippen LogP contribution in [0.1, 0.15) is 42.6 Å². The zero-order chi connectivity index (χ0) is 26.2. The van der Waals surface area contributed by atoms with Crippen LogP contribution in [0.25, 0.3) is 16.8 Å². The first-order chi connectivity index (χ1) is 17.8. The number of carbonyl (C=O) groups is 2. The quantitative estimate of drug-likeness (QED) is 0.267. The van der Waals surface area contributed by atoms with E-state index in [2.05, 4.69) is 5.32 Å². The Morgan fingerprint density at radius 3 is 2.19 bits per heavy atom. The van der Waals surface area contributed by atoms with Crippen LogP contribution in [-0.4, -0.2) is 21.7 Å². The number of carboxylic acid groups (broad SMARTS) is 1. The van der Waals surface area contributed by atoms with Gasteiger partial charge in [-0.2, -0.15) is 0 Å². The van der Waals surface area contributed by atoms with Crippen molar-refractivity contribution in [3.63, 3.8) is 0 Å². The monoisotopic (exact) mass is 514 g/mol. The highest BCUT2D eigenvalue weighted by Crippen LogP contribution is 2.48. The van der Waals surface area contributed by atoms with Crippen LogP contribution < -0.4 is 5.32 Å². The molecule has 1 aromatic heterocycles. The standard InChI is InChI=1S/C30H27ClN2O4/c1-19-15-18-33(27(19)32-29(36)37-20(2)25-5-3-4-6-26(25)31)24-13-9-22(10-14-24)21-7-11-23(12-8-21)30(16-17-30)28(34)35/h3-15,18,20H,16-17H2,1-2H3,(H,32,36)(H,34,35). The van der Waals surface area contributed by atoms with Crippen molar-refractivity contribution in [2.24, 2.45) is 0 Å². The molecule has 1 unspecified atom stereocenters. The molecule has 7 heteroatoms. The molecule has 6 nitrogen and oxygen atoms in total. The van der Waals surface area contributed by atoms with E-state index in [1.165, 1.54) is 0 Å². The van der Waals surface area contributed by atoms with Gasteiger partial charge in [0.1, 0.15) is 11.9 Å². The van der Waals surface area contributed by atoms with Gasteiger partial charge >= 0.3 is 12.1 Å². The summed E-state index contributed by atoms with van der Waals surface area (Å²) in [7, 11) is 0. The van der Waals surface area contributed by atoms with E-state index in [0.717, 1.165) is 33.5 Å². The summed E-state index contributed by atoms with van der Waals surface area (Å²) in [5, 5.41) is 12.9. The fourth-order valence-electron chi connectivity index (χ4n) is 4.61. The van der Waals surface area contributed by atoms with Crippen LogP contribution in [0, 0.1) is 6.92 Å². The highest BCUT2D eigenvalue weighted by molar-refractivity contribution is 6.31. The first-order valence-electron chi connectivity index (χ1n) is 12.1. The van der Waals surface area contributed by atoms with Crippen molar-refractivity contribution >= 4 is 29.5 Å². The topological polar surface area (TPSA) is 80.6 Å². The Morgan fingerprint density at radius 2 is 1.59 bits per heavy atom. The van der Waals surface area contributed by atoms with Crippen LogP contribution in [0.15, 0.2) is 85.1 Å². The number of carboxylic acids is 1. The van der Waals surface area contributed by atoms with Gasteiger partial charge in [0.05, 0.1) is 5.41 Å². The fourth-order valence-corrected chi connectivity index (χ4v) is 4.90. The highest BCUT2D eigenvalue weighted by atomic mass is 35.5. The van der Waals surface area contributed by atoms with Crippen LogP contribution in [-0.2, 0) is 14.9 Å². The number of aliphatic carboxylic acids is 1. The number of rotatable bonds is 7. The number of nitrogens with one attached hydrogen (secondary N) is 1. The van der Waals surface area contributed by atoms with E-state index in [4.69, 9.17) is 16.3 Å². The Labute approximate surface area is 220 Å². The second-order valence-electron chi connectivity index (χ2n) is 9.42. The number of carbonyl (C=O) groups excluding carboxylic acids is 1. The van der Waals surface area contributed by atoms with Gasteiger partial charge in [-0.25, -0.2) is 4.79 Å². The summed E-state index contributed by atoms with van der Waals surface area (Å²) in [6, 6.07) is 24.9. The number of hydrogen-bond donors (Lipinski definition) is 2. The number of nitrogens with zero attached hydrogens (tertiary/aromatic N) is 1. The van der Waals surface area contributed by atoms with Gasteiger partial charge in [0.15, 0.2) is 0 Å². The van der Waals surface area contributed by atoms with E-state index < -0.39 is 23.6 Å². The van der Waals surface area contributed by atoms with Gasteiger partial charge in [0.2, 0.25) is 0 Å². The number of anilines is 1. The Bertz CT molecular complexity index is 1450. The lowest BCUT2D eigenvalue weighted by molar-refractivity contribution is -0.140. The minimum Gasteiger partial charge on any atom is -0.481 e. The van der Waals surface area contributed by atoms with Gasteiger partial charge in [-0.3, -0.25) is 10.1 Å². The molecule has 0 aliphatic heterocycles. The van der Waals surface area contributed by atoms with E-state index in [1.807, 2.05) is 90.5 Å². The molecule has 1 amide bonds. The predicted molar refractivity (Wildman–Crippen MR) is 144 cm³/mol. The van der Waals surface area contributed by atoms with E-state index >= 15 is 0 Å². The Morgan fingerprint density at radius 1 is 0.973 bits per heavy atom. The number of aryl methyl sites for hydroxylation is 1. The van der Waals surface area contributed by atoms with Gasteiger partial charge in [0, 0.05) is 22.5 Å². The number of halogens is 1. The molecule has 1 saturated carbocycles. The van der Waals surface area contributed by atoms with E-state index in [1.54, 1.807) is 13.0 Å². The van der Waals surface area contributed by atoms with Gasteiger partial charge in [-0.1, -0.05) is 66.2 Å². The SMILES string of the molecule is Cc1ccn(-c2ccc(-c3ccc(C4(C(=O)O)CC4)cc3)cc2)c1NC(=O)OC(C)c1ccccc1Cl. The average molecular weight is 515 g/mol. The fraction of sp³-hybridized carbons (Fsp3) is 0.200. The number of benzene rings is 3. The maximum Gasteiger partial charge on any atom is 0.413 e. The molecule has 1 heterocycles. The Hall–Kier alpha value is -4.03. The molecule has 0 bridgehead atoms. The molecule has 0 spiro atoms. The first-order valence-corrected chi connectivity index (χ1v) is 12.5. The molecule has 37 heavy (non-hydrogen) atoms. The van der Waals surface area contributed by atoms with Crippen LogP contribution >= 0.6 is 11.6 Å². The molecule has 1 aliphatic rings. The number of amides is 1. The summed E-state index contributed by atoms with van der Waals surface area (Å²) in [6.07, 6.45) is 2.20. The lowest BCUT2D eigenvalue weighted by atomic mass is 9.94. The van der Waals surface area contributed by atoms with Crippen molar-refractivity contribution in [1.82, 2.24) is 4.57 Å². The van der Waals surface area contributed by atoms with Crippen molar-refractivity contribution < 1.29 is 19.4 Å². The van der Waals surface area contributed by atoms with Crippen LogP contribution in [0.5, 0.6) is 0 Å². The second-order valence-corrected chi connectivity index (χ2v) is 9.83. The van der Waals surface area contributed by atoms with Crippen molar-refractivity contribution in [2.75, 3.05) is 5.32 Å². The predicted octanol–water partition coefficient (Wildman–Crippen LogP) is 7.53. The minimum atomic E-state index is -0.752. The molecular weight excluding hydrogens is 488 g/mol. The summed E-state index contributed by atoms with van der Waals surface area (Å²) in [4.78, 5) is 24.3. The molecule has 1 aliphatic carbocycles. The lowest BCUT2D eigenvalue weighted by Gasteiger charge is -2.17. The van der Waals surface area contributed by atoms with E-state index in [9.17, 15) is 14.7 Å². The van der Waals surface area contributed by atoms with Gasteiger partial charge < -0.3 is 14.4 Å². The number of aromatic nitrogens is 1. The molecule has 0 saturated heterocycles. The molecule has 4 aromatic rings. The summed E-state index contributed by atoms with van der Waals surface area (Å²) >= 11 is 6.24. The van der Waals surface area contributed by atoms with Crippen LogP contribution in [0.3, 0.4) is 0 Å². The molecule has 1 atom stereocenters. The Balaban J connectivity index is 1.30. The van der Waals surface area contributed by atoms with Gasteiger partial charge in [-0.15, -0.1) is 0 Å². The van der Waals surface area contributed by atoms with E-state index in [0.29, 0.717) is 23.7 Å². The molecule has 0 radical (unpaired) electrons. The van der Waals surface area contributed by atoms with Crippen LogP contribution in [0.4, 0.5) is 10.6 Å². The summed E-state index contributed by atoms with van der Waals surface area (Å²) in [5.74, 6) is -0.130. The zero-order valence-electron chi connectivity index (χ0n) is 20.6. The third kappa shape index (κ3) is 4.85. The largest absolute Gasteiger partial charge is 0.481 e. The number of ether oxygens (including phenoxy) is 1. The summed E-state index contributed by atoms with van der Waals surface area (Å²) in [6.45, 7) is 3.70. The van der Waals surface area contributed by atoms with E-state index in [-0.39, 0.29) is 0 Å². The third-order valence-electron chi connectivity index (χ3n) is 7.01. The molecule has 2 N–H and O–H groups in total. The highest BCUT2D eigenvalue weighted by Gasteiger charge is 2.51. The first kappa shape index (κ1) is 24.7. The van der Waals surface area contributed by atoms with Gasteiger partial charge in [0.25, 0.3) is 0 Å². The van der Waals surface area contributed by atoms with Crippen molar-refractivity contribution in [3.05, 3.63) is 107 Å². The maximum atomic E-state index is 12.7. The van der Waals surface area contributed by atoms with Gasteiger partial charge in [-0.05, 0) is 73.2 Å². The van der Waals surface area contributed by atoms with Crippen molar-refractivity contribution in [1.29, 1.82) is 0 Å². The second kappa shape index (κ2) is 9.79. The molecular formula is C30H27ClN2O4.